The number of halogens is 4. The van der Waals surface area contributed by atoms with Gasteiger partial charge in [-0.25, -0.2) is 4.39 Å². The lowest BCUT2D eigenvalue weighted by Crippen LogP contribution is -2.22. The van der Waals surface area contributed by atoms with E-state index in [1.54, 1.807) is 6.07 Å². The van der Waals surface area contributed by atoms with E-state index in [0.717, 1.165) is 20.4 Å². The van der Waals surface area contributed by atoms with E-state index in [4.69, 9.17) is 11.6 Å². The molecule has 2 rings (SSSR count). The highest BCUT2D eigenvalue weighted by Crippen LogP contribution is 2.38. The fraction of sp³-hybridized carbons (Fsp3) is 0.231. The Balaban J connectivity index is 2.44. The molecule has 1 unspecified atom stereocenters. The molecule has 0 amide bonds. The molecule has 1 aromatic carbocycles. The second-order valence-corrected chi connectivity index (χ2v) is 7.38. The molecule has 19 heavy (non-hydrogen) atoms. The molecule has 0 aliphatic heterocycles. The molecule has 0 saturated heterocycles. The van der Waals surface area contributed by atoms with Crippen LogP contribution in [0.3, 0.4) is 0 Å². The number of benzene rings is 1. The Hall–Kier alpha value is 0.0600. The van der Waals surface area contributed by atoms with Crippen molar-refractivity contribution in [2.24, 2.45) is 0 Å². The second kappa shape index (κ2) is 6.68. The highest BCUT2D eigenvalue weighted by Gasteiger charge is 2.20. The Morgan fingerprint density at radius 2 is 2.11 bits per heavy atom. The van der Waals surface area contributed by atoms with Crippen LogP contribution >= 0.6 is 54.8 Å². The van der Waals surface area contributed by atoms with Crippen molar-refractivity contribution in [2.75, 3.05) is 6.54 Å². The molecule has 102 valence electrons. The highest BCUT2D eigenvalue weighted by molar-refractivity contribution is 9.10. The normalized spacial score (nSPS) is 12.7. The Labute approximate surface area is 137 Å². The molecule has 6 heteroatoms. The second-order valence-electron chi connectivity index (χ2n) is 3.93. The van der Waals surface area contributed by atoms with Crippen molar-refractivity contribution in [3.8, 4) is 0 Å². The third-order valence-corrected chi connectivity index (χ3v) is 5.66. The molecular weight excluding hydrogens is 416 g/mol. The third-order valence-electron chi connectivity index (χ3n) is 2.63. The van der Waals surface area contributed by atoms with Crippen molar-refractivity contribution in [3.63, 3.8) is 0 Å². The van der Waals surface area contributed by atoms with Crippen LogP contribution in [0.2, 0.25) is 4.34 Å². The van der Waals surface area contributed by atoms with Crippen molar-refractivity contribution in [1.29, 1.82) is 0 Å². The summed E-state index contributed by atoms with van der Waals surface area (Å²) in [5.74, 6) is -0.235. The Morgan fingerprint density at radius 3 is 2.63 bits per heavy atom. The largest absolute Gasteiger partial charge is 0.306 e. The van der Waals surface area contributed by atoms with Crippen LogP contribution in [0.15, 0.2) is 33.2 Å². The van der Waals surface area contributed by atoms with Crippen LogP contribution in [-0.2, 0) is 0 Å². The molecule has 0 spiro atoms. The summed E-state index contributed by atoms with van der Waals surface area (Å²) in [6, 6.07) is 6.85. The first-order valence-corrected chi connectivity index (χ1v) is 8.44. The van der Waals surface area contributed by atoms with Gasteiger partial charge in [0.1, 0.15) is 10.2 Å². The van der Waals surface area contributed by atoms with E-state index in [1.807, 2.05) is 19.1 Å². The van der Waals surface area contributed by atoms with Crippen molar-refractivity contribution in [2.45, 2.75) is 13.0 Å². The van der Waals surface area contributed by atoms with E-state index in [-0.39, 0.29) is 11.9 Å². The van der Waals surface area contributed by atoms with Crippen LogP contribution in [0.25, 0.3) is 0 Å². The Bertz CT molecular complexity index is 569. The number of hydrogen-bond acceptors (Lipinski definition) is 2. The molecule has 0 bridgehead atoms. The first-order valence-electron chi connectivity index (χ1n) is 5.66. The van der Waals surface area contributed by atoms with Gasteiger partial charge >= 0.3 is 0 Å². The third kappa shape index (κ3) is 3.58. The fourth-order valence-corrected chi connectivity index (χ4v) is 3.97. The lowest BCUT2D eigenvalue weighted by molar-refractivity contribution is 0.562. The zero-order valence-electron chi connectivity index (χ0n) is 10.0. The van der Waals surface area contributed by atoms with Gasteiger partial charge in [-0.2, -0.15) is 0 Å². The average molecular weight is 428 g/mol. The van der Waals surface area contributed by atoms with Gasteiger partial charge in [-0.1, -0.05) is 40.5 Å². The lowest BCUT2D eigenvalue weighted by Gasteiger charge is -2.17. The molecule has 1 heterocycles. The predicted octanol–water partition coefficient (Wildman–Crippen LogP) is 5.76. The molecule has 0 aliphatic rings. The van der Waals surface area contributed by atoms with Gasteiger partial charge in [-0.15, -0.1) is 11.3 Å². The Kier molecular flexibility index (Phi) is 5.43. The zero-order valence-corrected chi connectivity index (χ0v) is 14.8. The van der Waals surface area contributed by atoms with Gasteiger partial charge < -0.3 is 5.32 Å². The summed E-state index contributed by atoms with van der Waals surface area (Å²) in [5, 5.41) is 3.29. The summed E-state index contributed by atoms with van der Waals surface area (Å²) in [5.41, 5.74) is 0.621. The zero-order chi connectivity index (χ0) is 14.0. The van der Waals surface area contributed by atoms with E-state index < -0.39 is 0 Å². The minimum absolute atomic E-state index is 0.188. The summed E-state index contributed by atoms with van der Waals surface area (Å²) in [7, 11) is 0. The number of hydrogen-bond donors (Lipinski definition) is 1. The van der Waals surface area contributed by atoms with E-state index >= 15 is 0 Å². The SMILES string of the molecule is CCNC(c1cc(Br)c(Cl)s1)c1ccc(Br)cc1F. The minimum Gasteiger partial charge on any atom is -0.306 e. The average Bonchev–Trinajstić information content (AvgIpc) is 2.67. The quantitative estimate of drug-likeness (QED) is 0.654. The van der Waals surface area contributed by atoms with Gasteiger partial charge in [0.25, 0.3) is 0 Å². The van der Waals surface area contributed by atoms with Crippen molar-refractivity contribution < 1.29 is 4.39 Å². The fourth-order valence-electron chi connectivity index (χ4n) is 1.81. The number of nitrogens with one attached hydrogen (secondary N) is 1. The molecule has 0 fully saturated rings. The number of thiophene rings is 1. The molecule has 0 aliphatic carbocycles. The van der Waals surface area contributed by atoms with Gasteiger partial charge in [-0.3, -0.25) is 0 Å². The number of rotatable bonds is 4. The van der Waals surface area contributed by atoms with Crippen LogP contribution in [0.1, 0.15) is 23.4 Å². The topological polar surface area (TPSA) is 12.0 Å². The molecule has 1 N–H and O–H groups in total. The molecule has 0 saturated carbocycles. The van der Waals surface area contributed by atoms with Crippen LogP contribution < -0.4 is 5.32 Å². The van der Waals surface area contributed by atoms with E-state index in [0.29, 0.717) is 9.90 Å². The van der Waals surface area contributed by atoms with Crippen molar-refractivity contribution in [3.05, 3.63) is 53.8 Å². The van der Waals surface area contributed by atoms with Crippen LogP contribution in [0.4, 0.5) is 4.39 Å². The summed E-state index contributed by atoms with van der Waals surface area (Å²) < 4.78 is 16.4. The molecule has 2 aromatic rings. The maximum Gasteiger partial charge on any atom is 0.129 e. The molecule has 1 atom stereocenters. The van der Waals surface area contributed by atoms with Gasteiger partial charge in [0.05, 0.1) is 6.04 Å². The van der Waals surface area contributed by atoms with Crippen LogP contribution in [0.5, 0.6) is 0 Å². The first kappa shape index (κ1) is 15.4. The van der Waals surface area contributed by atoms with Gasteiger partial charge in [0.15, 0.2) is 0 Å². The predicted molar refractivity (Wildman–Crippen MR) is 86.6 cm³/mol. The van der Waals surface area contributed by atoms with Crippen molar-refractivity contribution >= 4 is 54.8 Å². The van der Waals surface area contributed by atoms with Crippen molar-refractivity contribution in [1.82, 2.24) is 5.32 Å². The summed E-state index contributed by atoms with van der Waals surface area (Å²) in [6.07, 6.45) is 0. The molecule has 1 nitrogen and oxygen atoms in total. The highest BCUT2D eigenvalue weighted by atomic mass is 79.9. The van der Waals surface area contributed by atoms with E-state index in [2.05, 4.69) is 37.2 Å². The lowest BCUT2D eigenvalue weighted by atomic mass is 10.0. The van der Waals surface area contributed by atoms with Gasteiger partial charge in [0.2, 0.25) is 0 Å². The van der Waals surface area contributed by atoms with Crippen LogP contribution in [-0.4, -0.2) is 6.54 Å². The summed E-state index contributed by atoms with van der Waals surface area (Å²) in [6.45, 7) is 2.74. The standard InChI is InChI=1S/C13H11Br2ClFNS/c1-2-18-12(11-6-9(15)13(16)19-11)8-4-3-7(14)5-10(8)17/h3-6,12,18H,2H2,1H3. The maximum atomic E-state index is 14.1. The summed E-state index contributed by atoms with van der Waals surface area (Å²) >= 11 is 14.2. The summed E-state index contributed by atoms with van der Waals surface area (Å²) in [4.78, 5) is 0.986. The first-order chi connectivity index (χ1) is 9.02. The van der Waals surface area contributed by atoms with Gasteiger partial charge in [-0.05, 0) is 40.7 Å². The minimum atomic E-state index is -0.235. The van der Waals surface area contributed by atoms with E-state index in [9.17, 15) is 4.39 Å². The Morgan fingerprint density at radius 1 is 1.37 bits per heavy atom. The monoisotopic (exact) mass is 425 g/mol. The van der Waals surface area contributed by atoms with Crippen LogP contribution in [0, 0.1) is 5.82 Å². The van der Waals surface area contributed by atoms with Gasteiger partial charge in [0, 0.05) is 19.4 Å². The molecular formula is C13H11Br2ClFNS. The van der Waals surface area contributed by atoms with E-state index in [1.165, 1.54) is 17.4 Å². The smallest absolute Gasteiger partial charge is 0.129 e. The molecule has 0 radical (unpaired) electrons. The maximum absolute atomic E-state index is 14.1. The molecule has 1 aromatic heterocycles.